The zero-order chi connectivity index (χ0) is 13.8. The first kappa shape index (κ1) is 14.5. The van der Waals surface area contributed by atoms with E-state index in [0.29, 0.717) is 0 Å². The van der Waals surface area contributed by atoms with Crippen molar-refractivity contribution in [2.75, 3.05) is 30.9 Å². The highest BCUT2D eigenvalue weighted by Gasteiger charge is 2.25. The lowest BCUT2D eigenvalue weighted by molar-refractivity contribution is -0.121. The Morgan fingerprint density at radius 3 is 2.22 bits per heavy atom. The second-order valence-electron chi connectivity index (χ2n) is 5.05. The molecule has 0 atom stereocenters. The molecule has 0 aliphatic rings. The van der Waals surface area contributed by atoms with Gasteiger partial charge in [0.2, 0.25) is 5.91 Å². The Kier molecular flexibility index (Phi) is 4.73. The molecule has 0 aliphatic heterocycles. The maximum absolute atomic E-state index is 12.1. The minimum atomic E-state index is -0.561. The molecule has 4 heteroatoms. The molecule has 0 radical (unpaired) electrons. The van der Waals surface area contributed by atoms with Crippen molar-refractivity contribution < 1.29 is 4.79 Å². The molecule has 0 saturated carbocycles. The van der Waals surface area contributed by atoms with E-state index in [-0.39, 0.29) is 5.91 Å². The van der Waals surface area contributed by atoms with Gasteiger partial charge in [-0.05, 0) is 44.7 Å². The number of carbonyl (C=O) groups is 1. The Hall–Kier alpha value is -1.55. The van der Waals surface area contributed by atoms with E-state index in [1.807, 2.05) is 64.0 Å². The van der Waals surface area contributed by atoms with Gasteiger partial charge in [-0.2, -0.15) is 0 Å². The van der Waals surface area contributed by atoms with Crippen LogP contribution in [0, 0.1) is 0 Å². The predicted octanol–water partition coefficient (Wildman–Crippen LogP) is 2.08. The first-order chi connectivity index (χ1) is 8.36. The quantitative estimate of drug-likeness (QED) is 0.839. The van der Waals surface area contributed by atoms with Gasteiger partial charge in [-0.1, -0.05) is 6.92 Å². The highest BCUT2D eigenvalue weighted by atomic mass is 16.2. The number of amides is 1. The predicted molar refractivity (Wildman–Crippen MR) is 77.2 cm³/mol. The van der Waals surface area contributed by atoms with Crippen molar-refractivity contribution in [1.82, 2.24) is 5.32 Å². The van der Waals surface area contributed by atoms with Crippen molar-refractivity contribution in [3.63, 3.8) is 0 Å². The van der Waals surface area contributed by atoms with Crippen LogP contribution >= 0.6 is 0 Å². The van der Waals surface area contributed by atoms with Crippen LogP contribution in [0.5, 0.6) is 0 Å². The van der Waals surface area contributed by atoms with Gasteiger partial charge in [-0.25, -0.2) is 0 Å². The van der Waals surface area contributed by atoms with Crippen LogP contribution in [0.15, 0.2) is 24.3 Å². The molecular formula is C14H23N3O. The van der Waals surface area contributed by atoms with Crippen molar-refractivity contribution in [2.24, 2.45) is 0 Å². The van der Waals surface area contributed by atoms with Gasteiger partial charge in [0.15, 0.2) is 0 Å². The van der Waals surface area contributed by atoms with Crippen LogP contribution in [0.3, 0.4) is 0 Å². The molecule has 1 rings (SSSR count). The van der Waals surface area contributed by atoms with Gasteiger partial charge in [0.1, 0.15) is 0 Å². The Morgan fingerprint density at radius 2 is 1.78 bits per heavy atom. The van der Waals surface area contributed by atoms with Gasteiger partial charge in [0.05, 0.1) is 5.54 Å². The molecule has 18 heavy (non-hydrogen) atoms. The highest BCUT2D eigenvalue weighted by Crippen LogP contribution is 2.16. The lowest BCUT2D eigenvalue weighted by atomic mass is 10.0. The molecule has 100 valence electrons. The summed E-state index contributed by atoms with van der Waals surface area (Å²) in [7, 11) is 3.98. The summed E-state index contributed by atoms with van der Waals surface area (Å²) < 4.78 is 0. The van der Waals surface area contributed by atoms with Crippen molar-refractivity contribution in [3.8, 4) is 0 Å². The molecule has 0 bridgehead atoms. The van der Waals surface area contributed by atoms with Crippen LogP contribution in [0.25, 0.3) is 0 Å². The van der Waals surface area contributed by atoms with Crippen molar-refractivity contribution in [3.05, 3.63) is 24.3 Å². The van der Waals surface area contributed by atoms with Crippen molar-refractivity contribution in [2.45, 2.75) is 26.3 Å². The fourth-order valence-corrected chi connectivity index (χ4v) is 1.65. The summed E-state index contributed by atoms with van der Waals surface area (Å²) in [5, 5.41) is 6.06. The minimum Gasteiger partial charge on any atom is -0.378 e. The molecule has 0 heterocycles. The van der Waals surface area contributed by atoms with Crippen LogP contribution < -0.4 is 15.5 Å². The smallest absolute Gasteiger partial charge is 0.244 e. The zero-order valence-corrected chi connectivity index (χ0v) is 11.9. The van der Waals surface area contributed by atoms with Gasteiger partial charge < -0.3 is 15.5 Å². The summed E-state index contributed by atoms with van der Waals surface area (Å²) >= 11 is 0. The second-order valence-corrected chi connectivity index (χ2v) is 5.05. The average molecular weight is 249 g/mol. The molecular weight excluding hydrogens is 226 g/mol. The maximum atomic E-state index is 12.1. The minimum absolute atomic E-state index is 0.0260. The van der Waals surface area contributed by atoms with E-state index < -0.39 is 5.54 Å². The lowest BCUT2D eigenvalue weighted by Gasteiger charge is -2.24. The maximum Gasteiger partial charge on any atom is 0.244 e. The third-order valence-corrected chi connectivity index (χ3v) is 2.83. The molecule has 1 amide bonds. The molecule has 0 saturated heterocycles. The fraction of sp³-hybridized carbons (Fsp3) is 0.500. The molecule has 4 nitrogen and oxygen atoms in total. The Morgan fingerprint density at radius 1 is 1.22 bits per heavy atom. The van der Waals surface area contributed by atoms with Crippen LogP contribution in [-0.2, 0) is 4.79 Å². The fourth-order valence-electron chi connectivity index (χ4n) is 1.65. The summed E-state index contributed by atoms with van der Waals surface area (Å²) in [5.41, 5.74) is 1.37. The molecule has 1 aromatic rings. The third kappa shape index (κ3) is 3.74. The number of hydrogen-bond acceptors (Lipinski definition) is 3. The average Bonchev–Trinajstić information content (AvgIpc) is 2.29. The number of likely N-dealkylation sites (N-methyl/N-ethyl adjacent to an activating group) is 1. The van der Waals surface area contributed by atoms with E-state index in [9.17, 15) is 4.79 Å². The summed E-state index contributed by atoms with van der Waals surface area (Å²) in [6.45, 7) is 6.50. The highest BCUT2D eigenvalue weighted by molar-refractivity contribution is 5.97. The molecule has 0 aromatic heterocycles. The number of benzene rings is 1. The van der Waals surface area contributed by atoms with Crippen LogP contribution in [0.2, 0.25) is 0 Å². The first-order valence-corrected chi connectivity index (χ1v) is 6.20. The summed E-state index contributed by atoms with van der Waals surface area (Å²) in [4.78, 5) is 14.1. The number of hydrogen-bond donors (Lipinski definition) is 2. The largest absolute Gasteiger partial charge is 0.378 e. The Labute approximate surface area is 109 Å². The SMILES string of the molecule is CCNC(C)(C)C(=O)Nc1ccc(N(C)C)cc1. The van der Waals surface area contributed by atoms with E-state index >= 15 is 0 Å². The number of carbonyl (C=O) groups excluding carboxylic acids is 1. The molecule has 0 unspecified atom stereocenters. The zero-order valence-electron chi connectivity index (χ0n) is 11.9. The van der Waals surface area contributed by atoms with Gasteiger partial charge >= 0.3 is 0 Å². The lowest BCUT2D eigenvalue weighted by Crippen LogP contribution is -2.49. The normalized spacial score (nSPS) is 11.2. The van der Waals surface area contributed by atoms with E-state index in [4.69, 9.17) is 0 Å². The van der Waals surface area contributed by atoms with E-state index in [2.05, 4.69) is 10.6 Å². The van der Waals surface area contributed by atoms with E-state index in [1.54, 1.807) is 0 Å². The van der Waals surface area contributed by atoms with Gasteiger partial charge in [-0.15, -0.1) is 0 Å². The van der Waals surface area contributed by atoms with Crippen LogP contribution in [0.4, 0.5) is 11.4 Å². The summed E-state index contributed by atoms with van der Waals surface area (Å²) in [6.07, 6.45) is 0. The van der Waals surface area contributed by atoms with E-state index in [0.717, 1.165) is 17.9 Å². The number of anilines is 2. The number of nitrogens with one attached hydrogen (secondary N) is 2. The van der Waals surface area contributed by atoms with Crippen LogP contribution in [-0.4, -0.2) is 32.1 Å². The van der Waals surface area contributed by atoms with Gasteiger partial charge in [0.25, 0.3) is 0 Å². The second kappa shape index (κ2) is 5.87. The third-order valence-electron chi connectivity index (χ3n) is 2.83. The monoisotopic (exact) mass is 249 g/mol. The van der Waals surface area contributed by atoms with Gasteiger partial charge in [-0.3, -0.25) is 4.79 Å². The number of nitrogens with zero attached hydrogens (tertiary/aromatic N) is 1. The molecule has 1 aromatic carbocycles. The number of rotatable bonds is 5. The molecule has 0 fully saturated rings. The van der Waals surface area contributed by atoms with Gasteiger partial charge in [0, 0.05) is 25.5 Å². The molecule has 2 N–H and O–H groups in total. The van der Waals surface area contributed by atoms with Crippen LogP contribution in [0.1, 0.15) is 20.8 Å². The Balaban J connectivity index is 2.70. The standard InChI is InChI=1S/C14H23N3O/c1-6-15-14(2,3)13(18)16-11-7-9-12(10-8-11)17(4)5/h7-10,15H,6H2,1-5H3,(H,16,18). The first-order valence-electron chi connectivity index (χ1n) is 6.20. The topological polar surface area (TPSA) is 44.4 Å². The molecule has 0 spiro atoms. The summed E-state index contributed by atoms with van der Waals surface area (Å²) in [6, 6.07) is 7.79. The van der Waals surface area contributed by atoms with Crippen molar-refractivity contribution >= 4 is 17.3 Å². The van der Waals surface area contributed by atoms with Crippen molar-refractivity contribution in [1.29, 1.82) is 0 Å². The Bertz CT molecular complexity index is 396. The molecule has 0 aliphatic carbocycles. The van der Waals surface area contributed by atoms with E-state index in [1.165, 1.54) is 0 Å². The summed E-state index contributed by atoms with van der Waals surface area (Å²) in [5.74, 6) is -0.0260.